The van der Waals surface area contributed by atoms with Crippen LogP contribution in [0.2, 0.25) is 0 Å². The van der Waals surface area contributed by atoms with Crippen molar-refractivity contribution in [3.05, 3.63) is 59.2 Å². The van der Waals surface area contributed by atoms with Gasteiger partial charge in [0.15, 0.2) is 0 Å². The number of hydrogen-bond acceptors (Lipinski definition) is 4. The van der Waals surface area contributed by atoms with Gasteiger partial charge in [-0.15, -0.1) is 0 Å². The van der Waals surface area contributed by atoms with Crippen LogP contribution in [0.15, 0.2) is 42.5 Å². The molecular formula is C19H19NO4. The van der Waals surface area contributed by atoms with Gasteiger partial charge in [0.25, 0.3) is 11.7 Å². The number of aryl methyl sites for hydroxylation is 1. The number of methoxy groups -OCH3 is 1. The van der Waals surface area contributed by atoms with E-state index in [2.05, 4.69) is 0 Å². The summed E-state index contributed by atoms with van der Waals surface area (Å²) in [5.41, 5.74) is 3.63. The van der Waals surface area contributed by atoms with E-state index >= 15 is 0 Å². The van der Waals surface area contributed by atoms with Gasteiger partial charge >= 0.3 is 0 Å². The molecule has 24 heavy (non-hydrogen) atoms. The average molecular weight is 325 g/mol. The van der Waals surface area contributed by atoms with Crippen molar-refractivity contribution in [1.29, 1.82) is 0 Å². The van der Waals surface area contributed by atoms with Crippen LogP contribution in [0, 0.1) is 6.92 Å². The molecule has 2 aromatic rings. The van der Waals surface area contributed by atoms with Gasteiger partial charge in [-0.25, -0.2) is 0 Å². The highest BCUT2D eigenvalue weighted by atomic mass is 16.7. The van der Waals surface area contributed by atoms with Crippen molar-refractivity contribution in [1.82, 2.24) is 0 Å². The van der Waals surface area contributed by atoms with Crippen molar-refractivity contribution in [2.24, 2.45) is 0 Å². The minimum Gasteiger partial charge on any atom is -0.496 e. The second-order valence-electron chi connectivity index (χ2n) is 6.04. The number of carbonyl (C=O) groups excluding carboxylic acids is 1. The Morgan fingerprint density at radius 3 is 2.67 bits per heavy atom. The monoisotopic (exact) mass is 325 g/mol. The molecule has 1 saturated heterocycles. The lowest BCUT2D eigenvalue weighted by Crippen LogP contribution is -2.41. The number of nitrogens with zero attached hydrogens (tertiary/aromatic N) is 1. The van der Waals surface area contributed by atoms with Gasteiger partial charge in [0, 0.05) is 11.1 Å². The van der Waals surface area contributed by atoms with Crippen LogP contribution in [0.4, 0.5) is 5.69 Å². The summed E-state index contributed by atoms with van der Waals surface area (Å²) >= 11 is 0. The van der Waals surface area contributed by atoms with Gasteiger partial charge in [0.2, 0.25) is 0 Å². The third kappa shape index (κ3) is 2.12. The largest absolute Gasteiger partial charge is 0.496 e. The summed E-state index contributed by atoms with van der Waals surface area (Å²) in [5.74, 6) is -0.705. The second-order valence-corrected chi connectivity index (χ2v) is 6.04. The van der Waals surface area contributed by atoms with Crippen LogP contribution < -0.4 is 9.64 Å². The van der Waals surface area contributed by atoms with Gasteiger partial charge in [-0.2, -0.15) is 0 Å². The third-order valence-electron chi connectivity index (χ3n) is 4.54. The van der Waals surface area contributed by atoms with E-state index in [4.69, 9.17) is 14.2 Å². The molecule has 0 N–H and O–H groups in total. The summed E-state index contributed by atoms with van der Waals surface area (Å²) in [4.78, 5) is 14.9. The van der Waals surface area contributed by atoms with E-state index in [0.717, 1.165) is 28.1 Å². The molecule has 5 nitrogen and oxygen atoms in total. The molecule has 1 amide bonds. The van der Waals surface area contributed by atoms with Crippen LogP contribution in [0.5, 0.6) is 5.75 Å². The SMILES string of the molecule is COc1ccccc1CN1C(=O)C2(OCCO2)c2cc(C)ccc21. The van der Waals surface area contributed by atoms with Crippen molar-refractivity contribution in [2.45, 2.75) is 19.3 Å². The molecule has 1 fully saturated rings. The number of ether oxygens (including phenoxy) is 3. The van der Waals surface area contributed by atoms with Crippen LogP contribution in [0.3, 0.4) is 0 Å². The summed E-state index contributed by atoms with van der Waals surface area (Å²) in [6.07, 6.45) is 0. The normalized spacial score (nSPS) is 18.2. The minimum absolute atomic E-state index is 0.175. The fourth-order valence-corrected chi connectivity index (χ4v) is 3.40. The lowest BCUT2D eigenvalue weighted by molar-refractivity contribution is -0.180. The molecule has 0 bridgehead atoms. The molecule has 0 atom stereocenters. The zero-order chi connectivity index (χ0) is 16.7. The summed E-state index contributed by atoms with van der Waals surface area (Å²) in [6, 6.07) is 13.6. The predicted molar refractivity (Wildman–Crippen MR) is 88.9 cm³/mol. The van der Waals surface area contributed by atoms with E-state index in [1.54, 1.807) is 12.0 Å². The van der Waals surface area contributed by atoms with Crippen LogP contribution in [0.25, 0.3) is 0 Å². The second kappa shape index (κ2) is 5.61. The lowest BCUT2D eigenvalue weighted by atomic mass is 10.0. The first kappa shape index (κ1) is 15.2. The van der Waals surface area contributed by atoms with Crippen LogP contribution >= 0.6 is 0 Å². The van der Waals surface area contributed by atoms with Crippen molar-refractivity contribution >= 4 is 11.6 Å². The molecule has 1 spiro atoms. The topological polar surface area (TPSA) is 48.0 Å². The number of rotatable bonds is 3. The zero-order valence-electron chi connectivity index (χ0n) is 13.7. The van der Waals surface area contributed by atoms with E-state index in [-0.39, 0.29) is 5.91 Å². The summed E-state index contributed by atoms with van der Waals surface area (Å²) in [5, 5.41) is 0. The maximum atomic E-state index is 13.1. The molecule has 2 aromatic carbocycles. The van der Waals surface area contributed by atoms with Gasteiger partial charge in [0.1, 0.15) is 5.75 Å². The number of amides is 1. The molecule has 0 saturated carbocycles. The average Bonchev–Trinajstić information content (AvgIpc) is 3.17. The van der Waals surface area contributed by atoms with Crippen LogP contribution in [0.1, 0.15) is 16.7 Å². The fourth-order valence-electron chi connectivity index (χ4n) is 3.40. The Balaban J connectivity index is 1.78. The van der Waals surface area contributed by atoms with Crippen molar-refractivity contribution in [3.63, 3.8) is 0 Å². The molecule has 0 unspecified atom stereocenters. The third-order valence-corrected chi connectivity index (χ3v) is 4.54. The predicted octanol–water partition coefficient (Wildman–Crippen LogP) is 2.75. The highest BCUT2D eigenvalue weighted by Crippen LogP contribution is 2.46. The molecule has 0 aromatic heterocycles. The summed E-state index contributed by atoms with van der Waals surface area (Å²) < 4.78 is 17.0. The smallest absolute Gasteiger partial charge is 0.292 e. The van der Waals surface area contributed by atoms with E-state index in [9.17, 15) is 4.79 Å². The van der Waals surface area contributed by atoms with E-state index in [0.29, 0.717) is 19.8 Å². The number of anilines is 1. The molecule has 4 rings (SSSR count). The number of carbonyl (C=O) groups is 1. The van der Waals surface area contributed by atoms with Crippen molar-refractivity contribution in [2.75, 3.05) is 25.2 Å². The van der Waals surface area contributed by atoms with Gasteiger partial charge < -0.3 is 19.1 Å². The summed E-state index contributed by atoms with van der Waals surface area (Å²) in [7, 11) is 1.63. The Kier molecular flexibility index (Phi) is 3.55. The van der Waals surface area contributed by atoms with Gasteiger partial charge in [-0.3, -0.25) is 4.79 Å². The first-order chi connectivity index (χ1) is 11.7. The van der Waals surface area contributed by atoms with E-state index < -0.39 is 5.79 Å². The van der Waals surface area contributed by atoms with E-state index in [1.807, 2.05) is 49.4 Å². The maximum Gasteiger partial charge on any atom is 0.292 e. The Hall–Kier alpha value is -2.37. The number of para-hydroxylation sites is 1. The van der Waals surface area contributed by atoms with Crippen molar-refractivity contribution in [3.8, 4) is 5.75 Å². The zero-order valence-corrected chi connectivity index (χ0v) is 13.7. The molecule has 2 heterocycles. The van der Waals surface area contributed by atoms with Crippen molar-refractivity contribution < 1.29 is 19.0 Å². The minimum atomic E-state index is -1.29. The Morgan fingerprint density at radius 2 is 1.92 bits per heavy atom. The molecule has 0 aliphatic carbocycles. The quantitative estimate of drug-likeness (QED) is 0.871. The van der Waals surface area contributed by atoms with Gasteiger partial charge in [-0.1, -0.05) is 29.8 Å². The number of benzene rings is 2. The fraction of sp³-hybridized carbons (Fsp3) is 0.316. The van der Waals surface area contributed by atoms with Crippen LogP contribution in [-0.4, -0.2) is 26.2 Å². The standard InChI is InChI=1S/C19H19NO4/c1-13-7-8-16-15(11-13)19(23-9-10-24-19)18(21)20(16)12-14-5-3-4-6-17(14)22-2/h3-8,11H,9-10,12H2,1-2H3. The molecule has 0 radical (unpaired) electrons. The Morgan fingerprint density at radius 1 is 1.17 bits per heavy atom. The highest BCUT2D eigenvalue weighted by molar-refractivity contribution is 6.06. The maximum absolute atomic E-state index is 13.1. The molecule has 124 valence electrons. The Labute approximate surface area is 140 Å². The van der Waals surface area contributed by atoms with Crippen LogP contribution in [-0.2, 0) is 26.6 Å². The molecule has 2 aliphatic heterocycles. The van der Waals surface area contributed by atoms with Gasteiger partial charge in [0.05, 0.1) is 32.6 Å². The van der Waals surface area contributed by atoms with E-state index in [1.165, 1.54) is 0 Å². The highest BCUT2D eigenvalue weighted by Gasteiger charge is 2.56. The number of fused-ring (bicyclic) bond motifs is 2. The lowest BCUT2D eigenvalue weighted by Gasteiger charge is -2.22. The molecular weight excluding hydrogens is 306 g/mol. The first-order valence-electron chi connectivity index (χ1n) is 7.98. The number of hydrogen-bond donors (Lipinski definition) is 0. The summed E-state index contributed by atoms with van der Waals surface area (Å²) in [6.45, 7) is 3.24. The first-order valence-corrected chi connectivity index (χ1v) is 7.98. The Bertz CT molecular complexity index is 796. The van der Waals surface area contributed by atoms with Gasteiger partial charge in [-0.05, 0) is 25.1 Å². The molecule has 5 heteroatoms. The molecule has 2 aliphatic rings.